The fourth-order valence-corrected chi connectivity index (χ4v) is 3.93. The highest BCUT2D eigenvalue weighted by molar-refractivity contribution is 14.0. The van der Waals surface area contributed by atoms with Gasteiger partial charge in [-0.2, -0.15) is 0 Å². The molecule has 25 heavy (non-hydrogen) atoms. The summed E-state index contributed by atoms with van der Waals surface area (Å²) in [5.41, 5.74) is 0.800. The molecule has 0 bridgehead atoms. The van der Waals surface area contributed by atoms with Crippen LogP contribution in [0, 0.1) is 0 Å². The summed E-state index contributed by atoms with van der Waals surface area (Å²) in [4.78, 5) is 11.0. The molecule has 1 aliphatic heterocycles. The number of nitrogens with zero attached hydrogens (tertiary/aromatic N) is 3. The average molecular weight is 482 g/mol. The first kappa shape index (κ1) is 21.9. The zero-order chi connectivity index (χ0) is 17.8. The predicted molar refractivity (Wildman–Crippen MR) is 110 cm³/mol. The minimum Gasteiger partial charge on any atom is -0.481 e. The highest BCUT2D eigenvalue weighted by Gasteiger charge is 2.40. The number of aliphatic imine (C=N–C) groups is 1. The van der Waals surface area contributed by atoms with E-state index in [2.05, 4.69) is 15.3 Å². The summed E-state index contributed by atoms with van der Waals surface area (Å²) in [5.74, 6) is 1.41. The molecule has 9 heteroatoms. The SMILES string of the molecule is CCNC(=NCc1cccc(OC)n1)N1CCS(=O)(=O)C(C)(C)C1.I. The van der Waals surface area contributed by atoms with Crippen molar-refractivity contribution < 1.29 is 13.2 Å². The number of rotatable bonds is 4. The molecular weight excluding hydrogens is 455 g/mol. The molecular formula is C16H27IN4O3S. The minimum atomic E-state index is -3.07. The third-order valence-corrected chi connectivity index (χ3v) is 6.59. The number of halogens is 1. The molecule has 2 rings (SSSR count). The van der Waals surface area contributed by atoms with Crippen molar-refractivity contribution in [2.45, 2.75) is 32.1 Å². The van der Waals surface area contributed by atoms with Crippen LogP contribution >= 0.6 is 24.0 Å². The lowest BCUT2D eigenvalue weighted by Crippen LogP contribution is -2.57. The summed E-state index contributed by atoms with van der Waals surface area (Å²) >= 11 is 0. The van der Waals surface area contributed by atoms with Crippen LogP contribution in [0.3, 0.4) is 0 Å². The Morgan fingerprint density at radius 3 is 2.76 bits per heavy atom. The third-order valence-electron chi connectivity index (χ3n) is 4.06. The number of methoxy groups -OCH3 is 1. The monoisotopic (exact) mass is 482 g/mol. The van der Waals surface area contributed by atoms with Gasteiger partial charge in [0.25, 0.3) is 0 Å². The molecule has 0 aliphatic carbocycles. The molecule has 0 aromatic carbocycles. The molecule has 1 aliphatic rings. The number of hydrogen-bond donors (Lipinski definition) is 1. The quantitative estimate of drug-likeness (QED) is 0.400. The van der Waals surface area contributed by atoms with Crippen molar-refractivity contribution in [3.8, 4) is 5.88 Å². The van der Waals surface area contributed by atoms with E-state index < -0.39 is 14.6 Å². The Morgan fingerprint density at radius 1 is 1.44 bits per heavy atom. The first-order valence-corrected chi connectivity index (χ1v) is 9.70. The Morgan fingerprint density at radius 2 is 2.16 bits per heavy atom. The first-order chi connectivity index (χ1) is 11.3. The summed E-state index contributed by atoms with van der Waals surface area (Å²) in [6.07, 6.45) is 0. The second-order valence-electron chi connectivity index (χ2n) is 6.34. The molecule has 142 valence electrons. The molecule has 1 saturated heterocycles. The van der Waals surface area contributed by atoms with Crippen LogP contribution in [0.25, 0.3) is 0 Å². The van der Waals surface area contributed by atoms with Crippen LogP contribution in [-0.4, -0.2) is 61.5 Å². The molecule has 0 amide bonds. The van der Waals surface area contributed by atoms with Gasteiger partial charge in [-0.1, -0.05) is 6.07 Å². The fourth-order valence-electron chi connectivity index (χ4n) is 2.57. The maximum absolute atomic E-state index is 12.2. The Bertz CT molecular complexity index is 707. The van der Waals surface area contributed by atoms with Gasteiger partial charge in [0.1, 0.15) is 0 Å². The Labute approximate surface area is 167 Å². The zero-order valence-electron chi connectivity index (χ0n) is 15.2. The van der Waals surface area contributed by atoms with E-state index in [1.807, 2.05) is 24.0 Å². The van der Waals surface area contributed by atoms with Crippen LogP contribution in [0.4, 0.5) is 0 Å². The smallest absolute Gasteiger partial charge is 0.213 e. The van der Waals surface area contributed by atoms with E-state index in [0.29, 0.717) is 38.0 Å². The number of ether oxygens (including phenoxy) is 1. The van der Waals surface area contributed by atoms with E-state index in [0.717, 1.165) is 5.69 Å². The number of aromatic nitrogens is 1. The van der Waals surface area contributed by atoms with Crippen molar-refractivity contribution >= 4 is 39.8 Å². The molecule has 1 aromatic heterocycles. The van der Waals surface area contributed by atoms with Gasteiger partial charge in [-0.15, -0.1) is 24.0 Å². The maximum atomic E-state index is 12.2. The number of pyridine rings is 1. The standard InChI is InChI=1S/C16H26N4O3S.HI/c1-5-17-15(18-11-13-7-6-8-14(19-13)23-4)20-9-10-24(21,22)16(2,3)12-20;/h6-8H,5,9-12H2,1-4H3,(H,17,18);1H. The van der Waals surface area contributed by atoms with Crippen molar-refractivity contribution in [3.05, 3.63) is 23.9 Å². The van der Waals surface area contributed by atoms with Crippen LogP contribution in [-0.2, 0) is 16.4 Å². The molecule has 0 spiro atoms. The molecule has 7 nitrogen and oxygen atoms in total. The number of guanidine groups is 1. The fraction of sp³-hybridized carbons (Fsp3) is 0.625. The van der Waals surface area contributed by atoms with Gasteiger partial charge in [0.05, 0.1) is 29.8 Å². The topological polar surface area (TPSA) is 83.9 Å². The normalized spacial score (nSPS) is 19.0. The molecule has 0 radical (unpaired) electrons. The van der Waals surface area contributed by atoms with E-state index in [1.54, 1.807) is 27.0 Å². The highest BCUT2D eigenvalue weighted by atomic mass is 127. The van der Waals surface area contributed by atoms with Crippen LogP contribution in [0.2, 0.25) is 0 Å². The number of hydrogen-bond acceptors (Lipinski definition) is 5. The summed E-state index contributed by atoms with van der Waals surface area (Å²) in [7, 11) is -1.49. The average Bonchev–Trinajstić information content (AvgIpc) is 2.54. The Hall–Kier alpha value is -1.10. The van der Waals surface area contributed by atoms with Crippen molar-refractivity contribution in [1.82, 2.24) is 15.2 Å². The van der Waals surface area contributed by atoms with Gasteiger partial charge in [-0.3, -0.25) is 0 Å². The maximum Gasteiger partial charge on any atom is 0.213 e. The van der Waals surface area contributed by atoms with Crippen molar-refractivity contribution in [1.29, 1.82) is 0 Å². The van der Waals surface area contributed by atoms with Gasteiger partial charge in [0, 0.05) is 25.7 Å². The van der Waals surface area contributed by atoms with Crippen molar-refractivity contribution in [3.63, 3.8) is 0 Å². The largest absolute Gasteiger partial charge is 0.481 e. The first-order valence-electron chi connectivity index (χ1n) is 8.04. The molecule has 1 fully saturated rings. The third kappa shape index (κ3) is 5.44. The van der Waals surface area contributed by atoms with Gasteiger partial charge in [0.15, 0.2) is 15.8 Å². The van der Waals surface area contributed by atoms with E-state index in [9.17, 15) is 8.42 Å². The molecule has 2 heterocycles. The lowest BCUT2D eigenvalue weighted by molar-refractivity contribution is 0.353. The van der Waals surface area contributed by atoms with Crippen LogP contribution in [0.15, 0.2) is 23.2 Å². The summed E-state index contributed by atoms with van der Waals surface area (Å²) < 4.78 is 28.7. The van der Waals surface area contributed by atoms with Crippen LogP contribution in [0.1, 0.15) is 26.5 Å². The lowest BCUT2D eigenvalue weighted by Gasteiger charge is -2.39. The van der Waals surface area contributed by atoms with E-state index in [4.69, 9.17) is 4.74 Å². The second kappa shape index (κ2) is 9.02. The lowest BCUT2D eigenvalue weighted by atomic mass is 10.2. The van der Waals surface area contributed by atoms with E-state index >= 15 is 0 Å². The van der Waals surface area contributed by atoms with E-state index in [-0.39, 0.29) is 29.7 Å². The molecule has 1 aromatic rings. The molecule has 1 N–H and O–H groups in total. The molecule has 0 saturated carbocycles. The molecule has 0 atom stereocenters. The summed E-state index contributed by atoms with van der Waals surface area (Å²) in [6, 6.07) is 5.55. The zero-order valence-corrected chi connectivity index (χ0v) is 18.3. The molecule has 0 unspecified atom stereocenters. The van der Waals surface area contributed by atoms with Crippen LogP contribution < -0.4 is 10.1 Å². The van der Waals surface area contributed by atoms with Gasteiger partial charge in [-0.05, 0) is 26.8 Å². The number of sulfone groups is 1. The van der Waals surface area contributed by atoms with Gasteiger partial charge in [-0.25, -0.2) is 18.4 Å². The van der Waals surface area contributed by atoms with Gasteiger partial charge < -0.3 is 15.0 Å². The highest BCUT2D eigenvalue weighted by Crippen LogP contribution is 2.23. The van der Waals surface area contributed by atoms with Crippen molar-refractivity contribution in [2.24, 2.45) is 4.99 Å². The van der Waals surface area contributed by atoms with Crippen molar-refractivity contribution in [2.75, 3.05) is 32.5 Å². The van der Waals surface area contributed by atoms with Gasteiger partial charge in [0.2, 0.25) is 5.88 Å². The van der Waals surface area contributed by atoms with E-state index in [1.165, 1.54) is 0 Å². The van der Waals surface area contributed by atoms with Crippen LogP contribution in [0.5, 0.6) is 5.88 Å². The second-order valence-corrected chi connectivity index (χ2v) is 9.08. The van der Waals surface area contributed by atoms with Gasteiger partial charge >= 0.3 is 0 Å². The Kier molecular flexibility index (Phi) is 7.91. The summed E-state index contributed by atoms with van der Waals surface area (Å²) in [5, 5.41) is 3.24. The predicted octanol–water partition coefficient (Wildman–Crippen LogP) is 1.68. The minimum absolute atomic E-state index is 0. The number of nitrogens with one attached hydrogen (secondary N) is 1. The summed E-state index contributed by atoms with van der Waals surface area (Å²) in [6.45, 7) is 7.52. The Balaban J connectivity index is 0.00000312.